The Balaban J connectivity index is 1.49. The van der Waals surface area contributed by atoms with Gasteiger partial charge < -0.3 is 20.3 Å². The number of hydrogen-bond acceptors (Lipinski definition) is 4. The molecule has 1 saturated heterocycles. The van der Waals surface area contributed by atoms with Crippen LogP contribution >= 0.6 is 0 Å². The van der Waals surface area contributed by atoms with Crippen LogP contribution in [0.4, 0.5) is 10.6 Å². The molecule has 1 atom stereocenters. The Morgan fingerprint density at radius 1 is 1.44 bits per heavy atom. The van der Waals surface area contributed by atoms with Crippen molar-refractivity contribution in [3.05, 3.63) is 11.8 Å². The summed E-state index contributed by atoms with van der Waals surface area (Å²) in [5, 5.41) is 10.6. The standard InChI is InChI=1S/C18H31N5O2/c1-14-10-16(22(2)21-14)23-9-4-6-15(11-23)20-17(24)19-12-18(13-25-3)7-5-8-18/h10,15H,4-9,11-13H2,1-3H3,(H2,19,20,24)/t15-/m1/s1. The summed E-state index contributed by atoms with van der Waals surface area (Å²) in [5.74, 6) is 1.12. The van der Waals surface area contributed by atoms with Gasteiger partial charge in [0.05, 0.1) is 12.3 Å². The third-order valence-corrected chi connectivity index (χ3v) is 5.55. The van der Waals surface area contributed by atoms with Crippen molar-refractivity contribution in [2.45, 2.75) is 45.1 Å². The molecule has 2 fully saturated rings. The number of nitrogens with zero attached hydrogens (tertiary/aromatic N) is 3. The van der Waals surface area contributed by atoms with Crippen LogP contribution in [-0.4, -0.2) is 55.2 Å². The highest BCUT2D eigenvalue weighted by molar-refractivity contribution is 5.74. The zero-order chi connectivity index (χ0) is 17.9. The number of amides is 2. The molecule has 2 N–H and O–H groups in total. The Labute approximate surface area is 150 Å². The van der Waals surface area contributed by atoms with Crippen molar-refractivity contribution in [3.8, 4) is 0 Å². The van der Waals surface area contributed by atoms with E-state index in [1.807, 2.05) is 18.7 Å². The largest absolute Gasteiger partial charge is 0.384 e. The smallest absolute Gasteiger partial charge is 0.315 e. The Hall–Kier alpha value is -1.76. The van der Waals surface area contributed by atoms with Gasteiger partial charge in [-0.3, -0.25) is 4.68 Å². The molecule has 25 heavy (non-hydrogen) atoms. The zero-order valence-corrected chi connectivity index (χ0v) is 15.7. The third-order valence-electron chi connectivity index (χ3n) is 5.55. The van der Waals surface area contributed by atoms with Gasteiger partial charge in [0.25, 0.3) is 0 Å². The van der Waals surface area contributed by atoms with E-state index in [1.165, 1.54) is 6.42 Å². The first kappa shape index (κ1) is 18.0. The summed E-state index contributed by atoms with van der Waals surface area (Å²) in [6, 6.07) is 2.22. The monoisotopic (exact) mass is 349 g/mol. The number of ether oxygens (including phenoxy) is 1. The van der Waals surface area contributed by atoms with E-state index in [1.54, 1.807) is 7.11 Å². The molecule has 0 aromatic carbocycles. The quantitative estimate of drug-likeness (QED) is 0.822. The molecule has 2 aliphatic rings. The van der Waals surface area contributed by atoms with Crippen LogP contribution in [0.3, 0.4) is 0 Å². The molecule has 1 aliphatic heterocycles. The number of aryl methyl sites for hydroxylation is 2. The SMILES string of the molecule is COCC1(CNC(=O)N[C@@H]2CCCN(c3cc(C)nn3C)C2)CCC1. The van der Waals surface area contributed by atoms with Crippen LogP contribution in [0, 0.1) is 12.3 Å². The number of piperidine rings is 1. The van der Waals surface area contributed by atoms with E-state index >= 15 is 0 Å². The lowest BCUT2D eigenvalue weighted by Gasteiger charge is -2.41. The minimum Gasteiger partial charge on any atom is -0.384 e. The van der Waals surface area contributed by atoms with Crippen molar-refractivity contribution < 1.29 is 9.53 Å². The first-order valence-electron chi connectivity index (χ1n) is 9.30. The predicted octanol–water partition coefficient (Wildman–Crippen LogP) is 1.81. The molecule has 3 rings (SSSR count). The van der Waals surface area contributed by atoms with Gasteiger partial charge in [-0.2, -0.15) is 5.10 Å². The van der Waals surface area contributed by atoms with E-state index in [0.717, 1.165) is 56.9 Å². The predicted molar refractivity (Wildman–Crippen MR) is 97.9 cm³/mol. The molecule has 1 aromatic rings. The summed E-state index contributed by atoms with van der Waals surface area (Å²) >= 11 is 0. The summed E-state index contributed by atoms with van der Waals surface area (Å²) in [6.45, 7) is 5.27. The number of hydrogen-bond donors (Lipinski definition) is 2. The average molecular weight is 349 g/mol. The molecule has 0 spiro atoms. The second-order valence-electron chi connectivity index (χ2n) is 7.67. The normalized spacial score (nSPS) is 22.4. The average Bonchev–Trinajstić information content (AvgIpc) is 2.88. The molecule has 140 valence electrons. The first-order chi connectivity index (χ1) is 12.0. The summed E-state index contributed by atoms with van der Waals surface area (Å²) in [4.78, 5) is 14.6. The van der Waals surface area contributed by atoms with Crippen molar-refractivity contribution in [2.24, 2.45) is 12.5 Å². The van der Waals surface area contributed by atoms with E-state index in [-0.39, 0.29) is 17.5 Å². The molecule has 1 aliphatic carbocycles. The van der Waals surface area contributed by atoms with Gasteiger partial charge in [-0.05, 0) is 32.6 Å². The topological polar surface area (TPSA) is 71.4 Å². The van der Waals surface area contributed by atoms with Gasteiger partial charge in [-0.1, -0.05) is 6.42 Å². The number of aromatic nitrogens is 2. The Morgan fingerprint density at radius 3 is 2.84 bits per heavy atom. The first-order valence-corrected chi connectivity index (χ1v) is 9.30. The van der Waals surface area contributed by atoms with Gasteiger partial charge in [0, 0.05) is 51.3 Å². The van der Waals surface area contributed by atoms with Crippen molar-refractivity contribution >= 4 is 11.8 Å². The number of rotatable bonds is 6. The number of anilines is 1. The fourth-order valence-corrected chi connectivity index (χ4v) is 4.06. The molecule has 7 heteroatoms. The molecular formula is C18H31N5O2. The van der Waals surface area contributed by atoms with E-state index in [9.17, 15) is 4.79 Å². The number of methoxy groups -OCH3 is 1. The fourth-order valence-electron chi connectivity index (χ4n) is 4.06. The van der Waals surface area contributed by atoms with Crippen LogP contribution in [0.2, 0.25) is 0 Å². The molecule has 0 unspecified atom stereocenters. The van der Waals surface area contributed by atoms with Crippen molar-refractivity contribution in [1.82, 2.24) is 20.4 Å². The molecular weight excluding hydrogens is 318 g/mol. The molecule has 1 saturated carbocycles. The minimum absolute atomic E-state index is 0.0598. The molecule has 1 aromatic heterocycles. The molecule has 2 heterocycles. The lowest BCUT2D eigenvalue weighted by atomic mass is 9.69. The summed E-state index contributed by atoms with van der Waals surface area (Å²) in [7, 11) is 3.71. The van der Waals surface area contributed by atoms with Crippen LogP contribution in [0.15, 0.2) is 6.07 Å². The van der Waals surface area contributed by atoms with Crippen LogP contribution in [0.25, 0.3) is 0 Å². The van der Waals surface area contributed by atoms with Gasteiger partial charge >= 0.3 is 6.03 Å². The number of carbonyl (C=O) groups is 1. The number of urea groups is 1. The molecule has 7 nitrogen and oxygen atoms in total. The molecule has 2 amide bonds. The molecule has 0 radical (unpaired) electrons. The zero-order valence-electron chi connectivity index (χ0n) is 15.7. The molecule has 0 bridgehead atoms. The number of carbonyl (C=O) groups excluding carboxylic acids is 1. The van der Waals surface area contributed by atoms with Crippen molar-refractivity contribution in [3.63, 3.8) is 0 Å². The summed E-state index contributed by atoms with van der Waals surface area (Å²) in [5.41, 5.74) is 1.17. The van der Waals surface area contributed by atoms with Gasteiger partial charge in [0.1, 0.15) is 5.82 Å². The second-order valence-corrected chi connectivity index (χ2v) is 7.67. The maximum atomic E-state index is 12.3. The van der Waals surface area contributed by atoms with Gasteiger partial charge in [0.2, 0.25) is 0 Å². The number of nitrogens with one attached hydrogen (secondary N) is 2. The highest BCUT2D eigenvalue weighted by Crippen LogP contribution is 2.40. The summed E-state index contributed by atoms with van der Waals surface area (Å²) < 4.78 is 7.24. The highest BCUT2D eigenvalue weighted by atomic mass is 16.5. The van der Waals surface area contributed by atoms with E-state index < -0.39 is 0 Å². The van der Waals surface area contributed by atoms with Gasteiger partial charge in [-0.25, -0.2) is 4.79 Å². The second kappa shape index (κ2) is 7.64. The highest BCUT2D eigenvalue weighted by Gasteiger charge is 2.37. The van der Waals surface area contributed by atoms with Gasteiger partial charge in [0.15, 0.2) is 0 Å². The van der Waals surface area contributed by atoms with Crippen molar-refractivity contribution in [1.29, 1.82) is 0 Å². The Kier molecular flexibility index (Phi) is 5.51. The summed E-state index contributed by atoms with van der Waals surface area (Å²) in [6.07, 6.45) is 5.59. The van der Waals surface area contributed by atoms with E-state index in [2.05, 4.69) is 26.7 Å². The Morgan fingerprint density at radius 2 is 2.24 bits per heavy atom. The van der Waals surface area contributed by atoms with Crippen LogP contribution in [0.1, 0.15) is 37.8 Å². The lowest BCUT2D eigenvalue weighted by Crippen LogP contribution is -2.53. The lowest BCUT2D eigenvalue weighted by molar-refractivity contribution is 0.0199. The van der Waals surface area contributed by atoms with Crippen molar-refractivity contribution in [2.75, 3.05) is 38.3 Å². The maximum absolute atomic E-state index is 12.3. The van der Waals surface area contributed by atoms with E-state index in [0.29, 0.717) is 6.54 Å². The fraction of sp³-hybridized carbons (Fsp3) is 0.778. The minimum atomic E-state index is -0.0598. The van der Waals surface area contributed by atoms with Gasteiger partial charge in [-0.15, -0.1) is 0 Å². The van der Waals surface area contributed by atoms with E-state index in [4.69, 9.17) is 4.74 Å². The Bertz CT molecular complexity index is 596. The van der Waals surface area contributed by atoms with Crippen LogP contribution in [-0.2, 0) is 11.8 Å². The van der Waals surface area contributed by atoms with Crippen LogP contribution in [0.5, 0.6) is 0 Å². The third kappa shape index (κ3) is 4.26. The maximum Gasteiger partial charge on any atom is 0.315 e. The van der Waals surface area contributed by atoms with Crippen LogP contribution < -0.4 is 15.5 Å².